The molecule has 0 radical (unpaired) electrons. The molecule has 0 saturated heterocycles. The van der Waals surface area contributed by atoms with Gasteiger partial charge in [-0.3, -0.25) is 4.98 Å². The Morgan fingerprint density at radius 3 is 2.57 bits per heavy atom. The number of hydrogen-bond acceptors (Lipinski definition) is 2. The zero-order chi connectivity index (χ0) is 9.86. The van der Waals surface area contributed by atoms with Gasteiger partial charge in [-0.05, 0) is 36.8 Å². The molecule has 1 aromatic heterocycles. The third-order valence-electron chi connectivity index (χ3n) is 3.51. The fourth-order valence-electron chi connectivity index (χ4n) is 2.09. The summed E-state index contributed by atoms with van der Waals surface area (Å²) in [6, 6.07) is 4.06. The predicted octanol–water partition coefficient (Wildman–Crippen LogP) is 3.07. The minimum absolute atomic E-state index is 0.587. The Morgan fingerprint density at radius 2 is 2.07 bits per heavy atom. The highest BCUT2D eigenvalue weighted by Crippen LogP contribution is 2.43. The molecule has 1 saturated carbocycles. The van der Waals surface area contributed by atoms with Crippen LogP contribution in [0.3, 0.4) is 0 Å². The number of nitrogens with zero attached hydrogens (tertiary/aromatic N) is 1. The maximum atomic E-state index is 4.00. The van der Waals surface area contributed by atoms with Crippen LogP contribution in [0.1, 0.15) is 32.6 Å². The molecule has 2 rings (SSSR count). The first-order valence-corrected chi connectivity index (χ1v) is 5.49. The second-order valence-electron chi connectivity index (χ2n) is 4.30. The van der Waals surface area contributed by atoms with Crippen LogP contribution in [0, 0.1) is 5.41 Å². The Hall–Kier alpha value is -1.05. The van der Waals surface area contributed by atoms with Crippen molar-refractivity contribution in [3.05, 3.63) is 24.5 Å². The Bertz CT molecular complexity index is 272. The van der Waals surface area contributed by atoms with Crippen molar-refractivity contribution in [2.45, 2.75) is 32.6 Å². The fraction of sp³-hybridized carbons (Fsp3) is 0.583. The molecule has 0 atom stereocenters. The van der Waals surface area contributed by atoms with Crippen LogP contribution >= 0.6 is 0 Å². The van der Waals surface area contributed by atoms with Crippen molar-refractivity contribution < 1.29 is 0 Å². The van der Waals surface area contributed by atoms with Crippen molar-refractivity contribution in [2.24, 2.45) is 5.41 Å². The molecule has 1 heterocycles. The quantitative estimate of drug-likeness (QED) is 0.789. The van der Waals surface area contributed by atoms with E-state index in [0.29, 0.717) is 5.41 Å². The van der Waals surface area contributed by atoms with Crippen LogP contribution in [0.2, 0.25) is 0 Å². The lowest BCUT2D eigenvalue weighted by Crippen LogP contribution is -2.35. The Balaban J connectivity index is 1.88. The molecule has 0 unspecified atom stereocenters. The molecule has 0 spiro atoms. The van der Waals surface area contributed by atoms with Crippen molar-refractivity contribution in [3.8, 4) is 0 Å². The lowest BCUT2D eigenvalue weighted by molar-refractivity contribution is 0.145. The molecule has 0 amide bonds. The highest BCUT2D eigenvalue weighted by Gasteiger charge is 2.34. The van der Waals surface area contributed by atoms with Crippen LogP contribution in [0.15, 0.2) is 24.5 Å². The van der Waals surface area contributed by atoms with Gasteiger partial charge in [0.05, 0.1) is 0 Å². The maximum absolute atomic E-state index is 4.00. The number of nitrogens with one attached hydrogen (secondary N) is 1. The van der Waals surface area contributed by atoms with Crippen LogP contribution in [0.25, 0.3) is 0 Å². The number of hydrogen-bond donors (Lipinski definition) is 1. The third-order valence-corrected chi connectivity index (χ3v) is 3.51. The van der Waals surface area contributed by atoms with Gasteiger partial charge >= 0.3 is 0 Å². The van der Waals surface area contributed by atoms with E-state index in [9.17, 15) is 0 Å². The second-order valence-corrected chi connectivity index (χ2v) is 4.30. The summed E-state index contributed by atoms with van der Waals surface area (Å²) in [6.07, 6.45) is 9.16. The van der Waals surface area contributed by atoms with E-state index in [1.54, 1.807) is 0 Å². The van der Waals surface area contributed by atoms with Gasteiger partial charge in [-0.25, -0.2) is 0 Å². The highest BCUT2D eigenvalue weighted by atomic mass is 14.9. The Kier molecular flexibility index (Phi) is 2.71. The van der Waals surface area contributed by atoms with Crippen LogP contribution in [-0.2, 0) is 0 Å². The molecule has 2 heteroatoms. The second kappa shape index (κ2) is 3.99. The highest BCUT2D eigenvalue weighted by molar-refractivity contribution is 5.41. The molecule has 2 nitrogen and oxygen atoms in total. The molecule has 1 aliphatic rings. The maximum Gasteiger partial charge on any atom is 0.0371 e. The van der Waals surface area contributed by atoms with Gasteiger partial charge in [0.2, 0.25) is 0 Å². The molecule has 1 fully saturated rings. The van der Waals surface area contributed by atoms with E-state index in [1.807, 2.05) is 24.5 Å². The van der Waals surface area contributed by atoms with Gasteiger partial charge in [0.25, 0.3) is 0 Å². The molecule has 1 aromatic rings. The molecular weight excluding hydrogens is 172 g/mol. The first-order valence-electron chi connectivity index (χ1n) is 5.49. The topological polar surface area (TPSA) is 24.9 Å². The number of pyridine rings is 1. The summed E-state index contributed by atoms with van der Waals surface area (Å²) in [7, 11) is 0. The summed E-state index contributed by atoms with van der Waals surface area (Å²) in [5.41, 5.74) is 1.78. The Morgan fingerprint density at radius 1 is 1.36 bits per heavy atom. The molecule has 0 aliphatic heterocycles. The van der Waals surface area contributed by atoms with Crippen molar-refractivity contribution >= 4 is 5.69 Å². The summed E-state index contributed by atoms with van der Waals surface area (Å²) >= 11 is 0. The molecule has 0 bridgehead atoms. The average molecular weight is 190 g/mol. The molecule has 76 valence electrons. The summed E-state index contributed by atoms with van der Waals surface area (Å²) in [4.78, 5) is 4.00. The lowest BCUT2D eigenvalue weighted by Gasteiger charge is -2.41. The van der Waals surface area contributed by atoms with Gasteiger partial charge in [-0.1, -0.05) is 13.3 Å². The number of anilines is 1. The monoisotopic (exact) mass is 190 g/mol. The summed E-state index contributed by atoms with van der Waals surface area (Å²) in [6.45, 7) is 3.42. The van der Waals surface area contributed by atoms with Crippen LogP contribution in [0.4, 0.5) is 5.69 Å². The number of rotatable bonds is 4. The van der Waals surface area contributed by atoms with E-state index in [1.165, 1.54) is 31.4 Å². The van der Waals surface area contributed by atoms with Crippen LogP contribution in [0.5, 0.6) is 0 Å². The van der Waals surface area contributed by atoms with Crippen LogP contribution < -0.4 is 5.32 Å². The van der Waals surface area contributed by atoms with Gasteiger partial charge in [-0.2, -0.15) is 0 Å². The fourth-order valence-corrected chi connectivity index (χ4v) is 2.09. The molecular formula is C12H18N2. The first-order chi connectivity index (χ1) is 6.85. The third kappa shape index (κ3) is 1.89. The van der Waals surface area contributed by atoms with Crippen molar-refractivity contribution in [1.82, 2.24) is 4.98 Å². The zero-order valence-electron chi connectivity index (χ0n) is 8.79. The summed E-state index contributed by atoms with van der Waals surface area (Å²) in [5, 5.41) is 3.50. The Labute approximate surface area is 85.7 Å². The van der Waals surface area contributed by atoms with Crippen LogP contribution in [-0.4, -0.2) is 11.5 Å². The molecule has 14 heavy (non-hydrogen) atoms. The SMILES string of the molecule is CCC1(CNc2ccncc2)CCC1. The van der Waals surface area contributed by atoms with Gasteiger partial charge in [0.15, 0.2) is 0 Å². The predicted molar refractivity (Wildman–Crippen MR) is 59.3 cm³/mol. The lowest BCUT2D eigenvalue weighted by atomic mass is 9.67. The number of aromatic nitrogens is 1. The standard InChI is InChI=1S/C12H18N2/c1-2-12(6-3-7-12)10-14-11-4-8-13-9-5-11/h4-5,8-9H,2-3,6-7,10H2,1H3,(H,13,14). The normalized spacial score (nSPS) is 18.6. The van der Waals surface area contributed by atoms with Gasteiger partial charge in [0, 0.05) is 24.6 Å². The van der Waals surface area contributed by atoms with E-state index in [2.05, 4.69) is 17.2 Å². The van der Waals surface area contributed by atoms with Crippen molar-refractivity contribution in [2.75, 3.05) is 11.9 Å². The smallest absolute Gasteiger partial charge is 0.0371 e. The first kappa shape index (κ1) is 9.50. The average Bonchev–Trinajstić information content (AvgIpc) is 2.19. The summed E-state index contributed by atoms with van der Waals surface area (Å²) in [5.74, 6) is 0. The largest absolute Gasteiger partial charge is 0.384 e. The van der Waals surface area contributed by atoms with E-state index >= 15 is 0 Å². The minimum atomic E-state index is 0.587. The van der Waals surface area contributed by atoms with Gasteiger partial charge in [-0.15, -0.1) is 0 Å². The van der Waals surface area contributed by atoms with E-state index in [4.69, 9.17) is 0 Å². The van der Waals surface area contributed by atoms with Gasteiger partial charge < -0.3 is 5.32 Å². The van der Waals surface area contributed by atoms with Crippen molar-refractivity contribution in [3.63, 3.8) is 0 Å². The van der Waals surface area contributed by atoms with E-state index in [-0.39, 0.29) is 0 Å². The van der Waals surface area contributed by atoms with Gasteiger partial charge in [0.1, 0.15) is 0 Å². The minimum Gasteiger partial charge on any atom is -0.384 e. The zero-order valence-corrected chi connectivity index (χ0v) is 8.79. The molecule has 1 N–H and O–H groups in total. The summed E-state index contributed by atoms with van der Waals surface area (Å²) < 4.78 is 0. The molecule has 1 aliphatic carbocycles. The van der Waals surface area contributed by atoms with E-state index in [0.717, 1.165) is 6.54 Å². The van der Waals surface area contributed by atoms with Crippen molar-refractivity contribution in [1.29, 1.82) is 0 Å². The molecule has 0 aromatic carbocycles. The van der Waals surface area contributed by atoms with E-state index < -0.39 is 0 Å².